The van der Waals surface area contributed by atoms with Crippen molar-refractivity contribution < 1.29 is 4.74 Å². The Kier molecular flexibility index (Phi) is 3.89. The summed E-state index contributed by atoms with van der Waals surface area (Å²) in [5.41, 5.74) is 3.20. The maximum atomic E-state index is 5.20. The summed E-state index contributed by atoms with van der Waals surface area (Å²) in [6, 6.07) is 5.99. The molecule has 0 spiro atoms. The van der Waals surface area contributed by atoms with Crippen molar-refractivity contribution in [2.24, 2.45) is 0 Å². The van der Waals surface area contributed by atoms with Gasteiger partial charge in [-0.2, -0.15) is 0 Å². The van der Waals surface area contributed by atoms with Crippen LogP contribution in [-0.4, -0.2) is 24.1 Å². The molecule has 2 rings (SSSR count). The van der Waals surface area contributed by atoms with Crippen LogP contribution in [0.15, 0.2) is 36.8 Å². The molecular weight excluding hydrogens is 226 g/mol. The van der Waals surface area contributed by atoms with Gasteiger partial charge in [-0.3, -0.25) is 9.97 Å². The van der Waals surface area contributed by atoms with Gasteiger partial charge in [0.15, 0.2) is 0 Å². The van der Waals surface area contributed by atoms with Gasteiger partial charge in [-0.25, -0.2) is 0 Å². The maximum absolute atomic E-state index is 5.20. The lowest BCUT2D eigenvalue weighted by Gasteiger charge is -2.18. The minimum absolute atomic E-state index is 0.0220. The summed E-state index contributed by atoms with van der Waals surface area (Å²) in [6.45, 7) is 2.06. The van der Waals surface area contributed by atoms with E-state index >= 15 is 0 Å². The normalized spacial score (nSPS) is 12.2. The molecule has 0 aromatic carbocycles. The molecule has 18 heavy (non-hydrogen) atoms. The Morgan fingerprint density at radius 2 is 2.17 bits per heavy atom. The van der Waals surface area contributed by atoms with Crippen molar-refractivity contribution in [3.05, 3.63) is 53.6 Å². The molecule has 1 unspecified atom stereocenters. The lowest BCUT2D eigenvalue weighted by Crippen LogP contribution is -2.20. The molecule has 0 aliphatic rings. The van der Waals surface area contributed by atoms with Crippen LogP contribution in [0.2, 0.25) is 0 Å². The van der Waals surface area contributed by atoms with Crippen LogP contribution < -0.4 is 10.1 Å². The molecule has 0 aliphatic heterocycles. The van der Waals surface area contributed by atoms with Gasteiger partial charge < -0.3 is 10.1 Å². The molecule has 0 saturated heterocycles. The fourth-order valence-electron chi connectivity index (χ4n) is 1.97. The molecule has 2 aromatic heterocycles. The third-order valence-electron chi connectivity index (χ3n) is 2.92. The van der Waals surface area contributed by atoms with Gasteiger partial charge >= 0.3 is 0 Å². The molecule has 0 amide bonds. The second kappa shape index (κ2) is 5.60. The monoisotopic (exact) mass is 243 g/mol. The summed E-state index contributed by atoms with van der Waals surface area (Å²) >= 11 is 0. The predicted molar refractivity (Wildman–Crippen MR) is 70.7 cm³/mol. The van der Waals surface area contributed by atoms with Crippen LogP contribution in [0.1, 0.15) is 22.9 Å². The number of pyridine rings is 2. The first-order valence-corrected chi connectivity index (χ1v) is 5.84. The topological polar surface area (TPSA) is 47.0 Å². The van der Waals surface area contributed by atoms with Crippen molar-refractivity contribution in [3.63, 3.8) is 0 Å². The number of ether oxygens (including phenoxy) is 1. The van der Waals surface area contributed by atoms with Crippen molar-refractivity contribution in [2.45, 2.75) is 13.0 Å². The fraction of sp³-hybridized carbons (Fsp3) is 0.286. The number of aromatic nitrogens is 2. The summed E-state index contributed by atoms with van der Waals surface area (Å²) < 4.78 is 5.20. The molecule has 0 saturated carbocycles. The van der Waals surface area contributed by atoms with Gasteiger partial charge in [0.1, 0.15) is 5.75 Å². The van der Waals surface area contributed by atoms with Crippen molar-refractivity contribution in [1.82, 2.24) is 15.3 Å². The lowest BCUT2D eigenvalue weighted by molar-refractivity contribution is 0.411. The Morgan fingerprint density at radius 1 is 1.33 bits per heavy atom. The molecule has 1 atom stereocenters. The molecule has 4 nitrogen and oxygen atoms in total. The van der Waals surface area contributed by atoms with Crippen LogP contribution in [0, 0.1) is 6.92 Å². The van der Waals surface area contributed by atoms with E-state index < -0.39 is 0 Å². The van der Waals surface area contributed by atoms with E-state index in [4.69, 9.17) is 4.74 Å². The highest BCUT2D eigenvalue weighted by Crippen LogP contribution is 2.24. The molecule has 2 heterocycles. The first-order chi connectivity index (χ1) is 8.76. The average molecular weight is 243 g/mol. The van der Waals surface area contributed by atoms with E-state index in [1.54, 1.807) is 19.5 Å². The molecule has 0 fully saturated rings. The Bertz CT molecular complexity index is 528. The number of rotatable bonds is 4. The smallest absolute Gasteiger partial charge is 0.137 e. The number of hydrogen-bond acceptors (Lipinski definition) is 4. The standard InChI is InChI=1S/C14H17N3O/c1-10-5-4-6-17-13(10)14(15-2)11-7-12(18-3)9-16-8-11/h4-9,14-15H,1-3H3. The van der Waals surface area contributed by atoms with Gasteiger partial charge in [0.05, 0.1) is 25.0 Å². The number of aryl methyl sites for hydroxylation is 1. The second-order valence-electron chi connectivity index (χ2n) is 4.09. The van der Waals surface area contributed by atoms with Gasteiger partial charge in [0, 0.05) is 12.4 Å². The molecule has 0 radical (unpaired) electrons. The third kappa shape index (κ3) is 2.49. The van der Waals surface area contributed by atoms with E-state index in [9.17, 15) is 0 Å². The molecule has 4 heteroatoms. The largest absolute Gasteiger partial charge is 0.495 e. The zero-order valence-corrected chi connectivity index (χ0v) is 10.8. The van der Waals surface area contributed by atoms with Crippen LogP contribution in [0.5, 0.6) is 5.75 Å². The van der Waals surface area contributed by atoms with Crippen LogP contribution in [-0.2, 0) is 0 Å². The molecule has 0 bridgehead atoms. The second-order valence-corrected chi connectivity index (χ2v) is 4.09. The van der Waals surface area contributed by atoms with Crippen molar-refractivity contribution in [3.8, 4) is 5.75 Å². The molecular formula is C14H17N3O. The van der Waals surface area contributed by atoms with Gasteiger partial charge in [0.25, 0.3) is 0 Å². The van der Waals surface area contributed by atoms with E-state index in [0.29, 0.717) is 0 Å². The van der Waals surface area contributed by atoms with Crippen molar-refractivity contribution >= 4 is 0 Å². The minimum Gasteiger partial charge on any atom is -0.495 e. The highest BCUT2D eigenvalue weighted by Gasteiger charge is 2.16. The van der Waals surface area contributed by atoms with Crippen molar-refractivity contribution in [1.29, 1.82) is 0 Å². The van der Waals surface area contributed by atoms with E-state index in [1.807, 2.05) is 25.4 Å². The third-order valence-corrected chi connectivity index (χ3v) is 2.92. The van der Waals surface area contributed by atoms with Crippen LogP contribution in [0.25, 0.3) is 0 Å². The van der Waals surface area contributed by atoms with Crippen LogP contribution in [0.3, 0.4) is 0 Å². The maximum Gasteiger partial charge on any atom is 0.137 e. The number of methoxy groups -OCH3 is 1. The Labute approximate surface area is 107 Å². The zero-order valence-electron chi connectivity index (χ0n) is 10.8. The molecule has 94 valence electrons. The summed E-state index contributed by atoms with van der Waals surface area (Å²) in [5.74, 6) is 0.751. The highest BCUT2D eigenvalue weighted by molar-refractivity contribution is 5.34. The van der Waals surface area contributed by atoms with Crippen LogP contribution in [0.4, 0.5) is 0 Å². The van der Waals surface area contributed by atoms with Gasteiger partial charge in [-0.15, -0.1) is 0 Å². The number of nitrogens with one attached hydrogen (secondary N) is 1. The van der Waals surface area contributed by atoms with Gasteiger partial charge in [0.2, 0.25) is 0 Å². The minimum atomic E-state index is 0.0220. The van der Waals surface area contributed by atoms with E-state index in [2.05, 4.69) is 28.3 Å². The highest BCUT2D eigenvalue weighted by atomic mass is 16.5. The fourth-order valence-corrected chi connectivity index (χ4v) is 1.97. The average Bonchev–Trinajstić information content (AvgIpc) is 2.42. The quantitative estimate of drug-likeness (QED) is 0.893. The Morgan fingerprint density at radius 3 is 2.83 bits per heavy atom. The summed E-state index contributed by atoms with van der Waals surface area (Å²) in [5, 5.41) is 3.27. The summed E-state index contributed by atoms with van der Waals surface area (Å²) in [6.07, 6.45) is 5.33. The van der Waals surface area contributed by atoms with Gasteiger partial charge in [-0.05, 0) is 37.2 Å². The van der Waals surface area contributed by atoms with E-state index in [1.165, 1.54) is 0 Å². The zero-order chi connectivity index (χ0) is 13.0. The summed E-state index contributed by atoms with van der Waals surface area (Å²) in [7, 11) is 3.56. The number of hydrogen-bond donors (Lipinski definition) is 1. The number of nitrogens with zero attached hydrogens (tertiary/aromatic N) is 2. The lowest BCUT2D eigenvalue weighted by atomic mass is 10.0. The molecule has 0 aliphatic carbocycles. The molecule has 2 aromatic rings. The first kappa shape index (κ1) is 12.5. The van der Waals surface area contributed by atoms with Gasteiger partial charge in [-0.1, -0.05) is 6.07 Å². The van der Waals surface area contributed by atoms with Crippen molar-refractivity contribution in [2.75, 3.05) is 14.2 Å². The van der Waals surface area contributed by atoms with Crippen LogP contribution >= 0.6 is 0 Å². The predicted octanol–water partition coefficient (Wildman–Crippen LogP) is 2.10. The first-order valence-electron chi connectivity index (χ1n) is 5.84. The van der Waals surface area contributed by atoms with E-state index in [-0.39, 0.29) is 6.04 Å². The Balaban J connectivity index is 2.42. The Hall–Kier alpha value is -1.94. The van der Waals surface area contributed by atoms with E-state index in [0.717, 1.165) is 22.6 Å². The SMILES string of the molecule is CNC(c1cncc(OC)c1)c1ncccc1C. The molecule has 1 N–H and O–H groups in total. The summed E-state index contributed by atoms with van der Waals surface area (Å²) in [4.78, 5) is 8.64.